The Kier molecular flexibility index (Phi) is 5.66. The number of anilines is 1. The molecule has 0 spiro atoms. The molecular formula is C27H20Cl2FN3O7. The summed E-state index contributed by atoms with van der Waals surface area (Å²) in [5, 5.41) is 21.8. The number of carbonyl (C=O) groups is 4. The number of imide groups is 2. The molecule has 2 aromatic rings. The number of fused-ring (bicyclic) bond motifs is 4. The number of aromatic hydroxyl groups is 1. The number of alkyl halides is 2. The van der Waals surface area contributed by atoms with Gasteiger partial charge >= 0.3 is 0 Å². The summed E-state index contributed by atoms with van der Waals surface area (Å²) in [6.45, 7) is 0. The highest BCUT2D eigenvalue weighted by Gasteiger charge is 2.76. The number of phenolic OH excluding ortho intramolecular Hbond substituents is 1. The van der Waals surface area contributed by atoms with Crippen molar-refractivity contribution < 1.29 is 33.6 Å². The zero-order chi connectivity index (χ0) is 28.9. The Morgan fingerprint density at radius 2 is 1.70 bits per heavy atom. The van der Waals surface area contributed by atoms with Crippen molar-refractivity contribution in [2.75, 3.05) is 11.9 Å². The van der Waals surface area contributed by atoms with Crippen molar-refractivity contribution in [3.8, 4) is 5.75 Å². The molecule has 206 valence electrons. The Bertz CT molecular complexity index is 1580. The number of hydrogen-bond acceptors (Lipinski definition) is 7. The Balaban J connectivity index is 1.50. The van der Waals surface area contributed by atoms with Gasteiger partial charge in [-0.2, -0.15) is 0 Å². The lowest BCUT2D eigenvalue weighted by Gasteiger charge is -2.50. The quantitative estimate of drug-likeness (QED) is 0.190. The fourth-order valence-electron chi connectivity index (χ4n) is 6.83. The summed E-state index contributed by atoms with van der Waals surface area (Å²) in [7, 11) is 1.22. The van der Waals surface area contributed by atoms with Crippen LogP contribution >= 0.6 is 23.2 Å². The number of non-ortho nitro benzene ring substituents is 1. The second-order valence-corrected chi connectivity index (χ2v) is 11.7. The maximum atomic E-state index is 14.6. The maximum absolute atomic E-state index is 14.6. The third-order valence-corrected chi connectivity index (χ3v) is 10.1. The molecule has 4 amide bonds. The van der Waals surface area contributed by atoms with E-state index >= 15 is 0 Å². The number of rotatable bonds is 3. The fourth-order valence-corrected chi connectivity index (χ4v) is 7.84. The Hall–Kier alpha value is -3.83. The Morgan fingerprint density at radius 3 is 2.35 bits per heavy atom. The summed E-state index contributed by atoms with van der Waals surface area (Å²) in [4.78, 5) is 62.3. The molecule has 2 aromatic carbocycles. The molecule has 0 radical (unpaired) electrons. The van der Waals surface area contributed by atoms with E-state index in [0.717, 1.165) is 15.9 Å². The minimum absolute atomic E-state index is 0.0668. The number of phenols is 1. The van der Waals surface area contributed by atoms with Gasteiger partial charge in [0.05, 0.1) is 22.4 Å². The predicted octanol–water partition coefficient (Wildman–Crippen LogP) is 3.63. The molecular weight excluding hydrogens is 568 g/mol. The second-order valence-electron chi connectivity index (χ2n) is 10.5. The summed E-state index contributed by atoms with van der Waals surface area (Å²) in [5.74, 6) is -8.51. The van der Waals surface area contributed by atoms with Gasteiger partial charge in [0.2, 0.25) is 11.8 Å². The van der Waals surface area contributed by atoms with Crippen LogP contribution < -0.4 is 4.90 Å². The number of hydrogen-bond donors (Lipinski definition) is 1. The van der Waals surface area contributed by atoms with Crippen LogP contribution in [0.1, 0.15) is 24.3 Å². The zero-order valence-electron chi connectivity index (χ0n) is 20.7. The largest absolute Gasteiger partial charge is 0.505 e. The van der Waals surface area contributed by atoms with E-state index in [1.165, 1.54) is 43.4 Å². The number of nitro groups is 1. The van der Waals surface area contributed by atoms with Gasteiger partial charge in [0.15, 0.2) is 21.3 Å². The monoisotopic (exact) mass is 587 g/mol. The highest BCUT2D eigenvalue weighted by atomic mass is 35.5. The molecule has 2 heterocycles. The number of benzene rings is 2. The molecule has 0 bridgehead atoms. The van der Waals surface area contributed by atoms with Gasteiger partial charge < -0.3 is 5.11 Å². The lowest BCUT2D eigenvalue weighted by molar-refractivity contribution is -0.384. The van der Waals surface area contributed by atoms with Gasteiger partial charge in [-0.3, -0.25) is 39.1 Å². The van der Waals surface area contributed by atoms with E-state index in [1.54, 1.807) is 6.08 Å². The van der Waals surface area contributed by atoms with Crippen LogP contribution in [0.25, 0.3) is 0 Å². The third kappa shape index (κ3) is 3.15. The molecule has 6 unspecified atom stereocenters. The summed E-state index contributed by atoms with van der Waals surface area (Å²) in [6, 6.07) is 8.68. The molecule has 6 rings (SSSR count). The summed E-state index contributed by atoms with van der Waals surface area (Å²) in [5.41, 5.74) is 0.252. The fraction of sp³-hybridized carbons (Fsp3) is 0.333. The minimum atomic E-state index is -2.15. The molecule has 10 nitrogen and oxygen atoms in total. The lowest BCUT2D eigenvalue weighted by Crippen LogP contribution is -2.60. The molecule has 4 aliphatic rings. The molecule has 0 aromatic heterocycles. The van der Waals surface area contributed by atoms with Crippen LogP contribution in [0.5, 0.6) is 5.75 Å². The number of likely N-dealkylation sites (tertiary alicyclic amines) is 1. The smallest absolute Gasteiger partial charge is 0.269 e. The van der Waals surface area contributed by atoms with E-state index in [9.17, 15) is 38.8 Å². The number of carbonyl (C=O) groups excluding carboxylic acids is 4. The van der Waals surface area contributed by atoms with Crippen molar-refractivity contribution in [1.29, 1.82) is 0 Å². The molecule has 2 saturated heterocycles. The maximum Gasteiger partial charge on any atom is 0.269 e. The van der Waals surface area contributed by atoms with Gasteiger partial charge in [0.25, 0.3) is 17.5 Å². The van der Waals surface area contributed by atoms with Crippen LogP contribution in [0, 0.1) is 33.7 Å². The molecule has 6 atom stereocenters. The van der Waals surface area contributed by atoms with E-state index in [-0.39, 0.29) is 29.8 Å². The molecule has 1 saturated carbocycles. The molecule has 13 heteroatoms. The molecule has 2 aliphatic carbocycles. The molecule has 2 aliphatic heterocycles. The molecule has 1 N–H and O–H groups in total. The SMILES string of the molecule is CN1C(=O)C2(Cl)CC3C(=CCC4C(=O)N(c5ccc([N+](=O)[O-])cc5)C(=O)C43)C(c3cccc(F)c3O)C2(Cl)C1=O. The Labute approximate surface area is 236 Å². The second kappa shape index (κ2) is 8.58. The number of nitrogens with zero attached hydrogens (tertiary/aromatic N) is 3. The lowest BCUT2D eigenvalue weighted by atomic mass is 9.56. The van der Waals surface area contributed by atoms with Crippen LogP contribution in [0.4, 0.5) is 15.8 Å². The van der Waals surface area contributed by atoms with Gasteiger partial charge in [-0.15, -0.1) is 23.2 Å². The first-order chi connectivity index (χ1) is 18.8. The number of halogens is 3. The minimum Gasteiger partial charge on any atom is -0.505 e. The van der Waals surface area contributed by atoms with Crippen molar-refractivity contribution in [3.05, 3.63) is 75.6 Å². The number of amides is 4. The van der Waals surface area contributed by atoms with Crippen molar-refractivity contribution >= 4 is 58.2 Å². The summed E-state index contributed by atoms with van der Waals surface area (Å²) < 4.78 is 14.6. The van der Waals surface area contributed by atoms with Crippen molar-refractivity contribution in [2.24, 2.45) is 17.8 Å². The van der Waals surface area contributed by atoms with Crippen LogP contribution in [0.15, 0.2) is 54.1 Å². The van der Waals surface area contributed by atoms with Crippen LogP contribution in [0.2, 0.25) is 0 Å². The van der Waals surface area contributed by atoms with E-state index in [1.807, 2.05) is 0 Å². The molecule has 40 heavy (non-hydrogen) atoms. The van der Waals surface area contributed by atoms with E-state index < -0.39 is 73.5 Å². The summed E-state index contributed by atoms with van der Waals surface area (Å²) in [6.07, 6.45) is 1.46. The van der Waals surface area contributed by atoms with Gasteiger partial charge in [-0.05, 0) is 37.0 Å². The first-order valence-electron chi connectivity index (χ1n) is 12.3. The van der Waals surface area contributed by atoms with E-state index in [2.05, 4.69) is 0 Å². The number of nitro benzene ring substituents is 1. The highest BCUT2D eigenvalue weighted by Crippen LogP contribution is 2.66. The standard InChI is InChI=1S/C27H20Cl2FN3O7/c1-31-24(37)26(28)11-17-14(20(27(26,29)25(31)38)16-3-2-4-18(30)21(16)34)9-10-15-19(17)23(36)32(22(15)35)12-5-7-13(8-6-12)33(39)40/h2-9,15,17,19-20,34H,10-11H2,1H3. The van der Waals surface area contributed by atoms with Gasteiger partial charge in [0, 0.05) is 30.7 Å². The van der Waals surface area contributed by atoms with Crippen molar-refractivity contribution in [2.45, 2.75) is 28.5 Å². The topological polar surface area (TPSA) is 138 Å². The number of allylic oxidation sites excluding steroid dienone is 2. The third-order valence-electron chi connectivity index (χ3n) is 8.66. The van der Waals surface area contributed by atoms with Gasteiger partial charge in [-0.1, -0.05) is 23.8 Å². The predicted molar refractivity (Wildman–Crippen MR) is 139 cm³/mol. The first kappa shape index (κ1) is 26.4. The normalized spacial score (nSPS) is 33.0. The van der Waals surface area contributed by atoms with Crippen LogP contribution in [-0.4, -0.2) is 55.4 Å². The van der Waals surface area contributed by atoms with E-state index in [4.69, 9.17) is 23.2 Å². The Morgan fingerprint density at radius 1 is 1.02 bits per heavy atom. The van der Waals surface area contributed by atoms with Gasteiger partial charge in [0.1, 0.15) is 0 Å². The van der Waals surface area contributed by atoms with Crippen molar-refractivity contribution in [1.82, 2.24) is 4.90 Å². The average Bonchev–Trinajstić information content (AvgIpc) is 3.25. The average molecular weight is 588 g/mol. The summed E-state index contributed by atoms with van der Waals surface area (Å²) >= 11 is 14.0. The van der Waals surface area contributed by atoms with E-state index in [0.29, 0.717) is 5.57 Å². The van der Waals surface area contributed by atoms with Crippen LogP contribution in [0.3, 0.4) is 0 Å². The van der Waals surface area contributed by atoms with Gasteiger partial charge in [-0.25, -0.2) is 4.39 Å². The highest BCUT2D eigenvalue weighted by molar-refractivity contribution is 6.53. The van der Waals surface area contributed by atoms with Crippen LogP contribution in [-0.2, 0) is 19.2 Å². The zero-order valence-corrected chi connectivity index (χ0v) is 22.2. The first-order valence-corrected chi connectivity index (χ1v) is 13.1. The number of para-hydroxylation sites is 1. The molecule has 3 fully saturated rings. The van der Waals surface area contributed by atoms with Crippen molar-refractivity contribution in [3.63, 3.8) is 0 Å².